The molecule has 0 saturated heterocycles. The summed E-state index contributed by atoms with van der Waals surface area (Å²) < 4.78 is 27.2. The normalized spacial score (nSPS) is 13.9. The van der Waals surface area contributed by atoms with Gasteiger partial charge in [0, 0.05) is 5.69 Å². The Morgan fingerprint density at radius 1 is 0.767 bits per heavy atom. The third-order valence-corrected chi connectivity index (χ3v) is 4.77. The Kier molecular flexibility index (Phi) is 4.91. The molecular weight excluding hydrogens is 386 g/mol. The molecule has 0 unspecified atom stereocenters. The first-order valence-corrected chi connectivity index (χ1v) is 9.33. The molecule has 6 heteroatoms. The van der Waals surface area contributed by atoms with Crippen molar-refractivity contribution >= 4 is 28.8 Å². The predicted molar refractivity (Wildman–Crippen MR) is 112 cm³/mol. The lowest BCUT2D eigenvalue weighted by atomic mass is 10.0. The molecule has 0 spiro atoms. The van der Waals surface area contributed by atoms with Gasteiger partial charge in [-0.2, -0.15) is 0 Å². The van der Waals surface area contributed by atoms with Crippen LogP contribution in [-0.2, 0) is 9.59 Å². The van der Waals surface area contributed by atoms with E-state index >= 15 is 0 Å². The van der Waals surface area contributed by atoms with Crippen LogP contribution in [0.4, 0.5) is 20.2 Å². The molecule has 30 heavy (non-hydrogen) atoms. The van der Waals surface area contributed by atoms with Gasteiger partial charge >= 0.3 is 0 Å². The second kappa shape index (κ2) is 7.55. The smallest absolute Gasteiger partial charge is 0.282 e. The van der Waals surface area contributed by atoms with Crippen molar-refractivity contribution in [1.82, 2.24) is 0 Å². The van der Waals surface area contributed by atoms with Gasteiger partial charge in [-0.3, -0.25) is 9.59 Å². The zero-order chi connectivity index (χ0) is 21.4. The van der Waals surface area contributed by atoms with Crippen molar-refractivity contribution in [3.05, 3.63) is 101 Å². The van der Waals surface area contributed by atoms with Crippen LogP contribution < -0.4 is 10.2 Å². The van der Waals surface area contributed by atoms with Gasteiger partial charge in [0.2, 0.25) is 0 Å². The maximum absolute atomic E-state index is 13.8. The van der Waals surface area contributed by atoms with Crippen LogP contribution in [0.1, 0.15) is 16.7 Å². The average Bonchev–Trinajstić information content (AvgIpc) is 2.92. The van der Waals surface area contributed by atoms with Gasteiger partial charge in [-0.25, -0.2) is 13.7 Å². The summed E-state index contributed by atoms with van der Waals surface area (Å²) in [7, 11) is 0. The Hall–Kier alpha value is -3.80. The lowest BCUT2D eigenvalue weighted by Crippen LogP contribution is -2.32. The number of rotatable bonds is 4. The number of hydrogen-bond acceptors (Lipinski definition) is 3. The first-order valence-electron chi connectivity index (χ1n) is 9.33. The van der Waals surface area contributed by atoms with Gasteiger partial charge in [-0.05, 0) is 73.0 Å². The van der Waals surface area contributed by atoms with Crippen molar-refractivity contribution in [2.45, 2.75) is 13.8 Å². The molecule has 2 amide bonds. The minimum absolute atomic E-state index is 0.0564. The van der Waals surface area contributed by atoms with Crippen LogP contribution in [-0.4, -0.2) is 11.8 Å². The standard InChI is InChI=1S/C24H18F2N2O2/c1-14-10-15(2)12-19(11-14)27-22-21(16-6-8-17(25)9-7-16)23(29)28(24(22)30)20-5-3-4-18(26)13-20/h3-13,27H,1-2H3. The van der Waals surface area contributed by atoms with Gasteiger partial charge in [-0.15, -0.1) is 0 Å². The Labute approximate surface area is 172 Å². The summed E-state index contributed by atoms with van der Waals surface area (Å²) in [4.78, 5) is 27.4. The molecule has 4 nitrogen and oxygen atoms in total. The van der Waals surface area contributed by atoms with E-state index < -0.39 is 23.4 Å². The van der Waals surface area contributed by atoms with Crippen LogP contribution >= 0.6 is 0 Å². The van der Waals surface area contributed by atoms with Crippen molar-refractivity contribution in [1.29, 1.82) is 0 Å². The minimum Gasteiger partial charge on any atom is -0.350 e. The number of nitrogens with one attached hydrogen (secondary N) is 1. The van der Waals surface area contributed by atoms with E-state index in [4.69, 9.17) is 0 Å². The van der Waals surface area contributed by atoms with Gasteiger partial charge in [-0.1, -0.05) is 24.3 Å². The van der Waals surface area contributed by atoms with E-state index in [1.165, 1.54) is 42.5 Å². The molecule has 150 valence electrons. The largest absolute Gasteiger partial charge is 0.350 e. The minimum atomic E-state index is -0.607. The van der Waals surface area contributed by atoms with E-state index in [1.807, 2.05) is 32.0 Å². The molecule has 0 radical (unpaired) electrons. The Balaban J connectivity index is 1.84. The Morgan fingerprint density at radius 2 is 1.43 bits per heavy atom. The molecule has 1 N–H and O–H groups in total. The molecule has 0 aliphatic carbocycles. The van der Waals surface area contributed by atoms with E-state index in [0.29, 0.717) is 11.3 Å². The summed E-state index contributed by atoms with van der Waals surface area (Å²) in [6, 6.07) is 16.3. The number of aryl methyl sites for hydroxylation is 2. The van der Waals surface area contributed by atoms with Gasteiger partial charge in [0.1, 0.15) is 17.3 Å². The molecule has 0 bridgehead atoms. The third kappa shape index (κ3) is 3.59. The molecular formula is C24H18F2N2O2. The van der Waals surface area contributed by atoms with Crippen LogP contribution in [0.3, 0.4) is 0 Å². The number of nitrogens with zero attached hydrogens (tertiary/aromatic N) is 1. The van der Waals surface area contributed by atoms with Crippen LogP contribution in [0.5, 0.6) is 0 Å². The number of anilines is 2. The van der Waals surface area contributed by atoms with Crippen LogP contribution in [0, 0.1) is 25.5 Å². The quantitative estimate of drug-likeness (QED) is 0.624. The molecule has 1 aliphatic heterocycles. The summed E-state index contributed by atoms with van der Waals surface area (Å²) in [6.07, 6.45) is 0. The second-order valence-corrected chi connectivity index (χ2v) is 7.18. The molecule has 0 fully saturated rings. The van der Waals surface area contributed by atoms with Gasteiger partial charge in [0.25, 0.3) is 11.8 Å². The topological polar surface area (TPSA) is 49.4 Å². The van der Waals surface area contributed by atoms with Crippen molar-refractivity contribution in [3.8, 4) is 0 Å². The maximum Gasteiger partial charge on any atom is 0.282 e. The molecule has 1 heterocycles. The fourth-order valence-electron chi connectivity index (χ4n) is 3.57. The summed E-state index contributed by atoms with van der Waals surface area (Å²) in [5.74, 6) is -2.23. The van der Waals surface area contributed by atoms with Crippen molar-refractivity contribution in [2.24, 2.45) is 0 Å². The number of carbonyl (C=O) groups excluding carboxylic acids is 2. The van der Waals surface area contributed by atoms with E-state index in [0.717, 1.165) is 22.1 Å². The summed E-state index contributed by atoms with van der Waals surface area (Å²) in [6.45, 7) is 3.85. The van der Waals surface area contributed by atoms with Gasteiger partial charge < -0.3 is 5.32 Å². The van der Waals surface area contributed by atoms with E-state index in [9.17, 15) is 18.4 Å². The van der Waals surface area contributed by atoms with Gasteiger partial charge in [0.15, 0.2) is 0 Å². The molecule has 3 aromatic rings. The molecule has 0 atom stereocenters. The fraction of sp³-hybridized carbons (Fsp3) is 0.0833. The molecule has 1 aliphatic rings. The average molecular weight is 404 g/mol. The monoisotopic (exact) mass is 404 g/mol. The summed E-state index contributed by atoms with van der Waals surface area (Å²) in [5.41, 5.74) is 3.29. The molecule has 0 aromatic heterocycles. The number of halogens is 2. The Morgan fingerprint density at radius 3 is 2.07 bits per heavy atom. The second-order valence-electron chi connectivity index (χ2n) is 7.18. The number of benzene rings is 3. The Bertz CT molecular complexity index is 1180. The van der Waals surface area contributed by atoms with Crippen LogP contribution in [0.2, 0.25) is 0 Å². The lowest BCUT2D eigenvalue weighted by Gasteiger charge is -2.15. The highest BCUT2D eigenvalue weighted by atomic mass is 19.1. The third-order valence-electron chi connectivity index (χ3n) is 4.77. The summed E-state index contributed by atoms with van der Waals surface area (Å²) >= 11 is 0. The van der Waals surface area contributed by atoms with Crippen LogP contribution in [0.25, 0.3) is 5.57 Å². The molecule has 0 saturated carbocycles. The highest BCUT2D eigenvalue weighted by Gasteiger charge is 2.40. The summed E-state index contributed by atoms with van der Waals surface area (Å²) in [5, 5.41) is 3.06. The fourth-order valence-corrected chi connectivity index (χ4v) is 3.57. The zero-order valence-corrected chi connectivity index (χ0v) is 16.4. The first-order chi connectivity index (χ1) is 14.3. The van der Waals surface area contributed by atoms with Crippen molar-refractivity contribution < 1.29 is 18.4 Å². The number of imide groups is 1. The molecule has 4 rings (SSSR count). The molecule has 3 aromatic carbocycles. The highest BCUT2D eigenvalue weighted by molar-refractivity contribution is 6.46. The highest BCUT2D eigenvalue weighted by Crippen LogP contribution is 2.34. The lowest BCUT2D eigenvalue weighted by molar-refractivity contribution is -0.120. The van der Waals surface area contributed by atoms with E-state index in [-0.39, 0.29) is 17.0 Å². The van der Waals surface area contributed by atoms with Crippen LogP contribution in [0.15, 0.2) is 72.4 Å². The van der Waals surface area contributed by atoms with E-state index in [1.54, 1.807) is 0 Å². The maximum atomic E-state index is 13.8. The van der Waals surface area contributed by atoms with E-state index in [2.05, 4.69) is 5.32 Å². The zero-order valence-electron chi connectivity index (χ0n) is 16.4. The first kappa shape index (κ1) is 19.5. The number of hydrogen-bond donors (Lipinski definition) is 1. The van der Waals surface area contributed by atoms with Crippen molar-refractivity contribution in [2.75, 3.05) is 10.2 Å². The number of amides is 2. The van der Waals surface area contributed by atoms with Gasteiger partial charge in [0.05, 0.1) is 11.3 Å². The SMILES string of the molecule is Cc1cc(C)cc(NC2=C(c3ccc(F)cc3)C(=O)N(c3cccc(F)c3)C2=O)c1. The number of carbonyl (C=O) groups is 2. The predicted octanol–water partition coefficient (Wildman–Crippen LogP) is 4.98. The van der Waals surface area contributed by atoms with Crippen molar-refractivity contribution in [3.63, 3.8) is 0 Å².